The van der Waals surface area contributed by atoms with Gasteiger partial charge in [-0.1, -0.05) is 101 Å². The van der Waals surface area contributed by atoms with Gasteiger partial charge in [0.15, 0.2) is 0 Å². The van der Waals surface area contributed by atoms with Crippen molar-refractivity contribution in [1.29, 1.82) is 0 Å². The molecule has 3 aromatic carbocycles. The molecule has 0 bridgehead atoms. The average Bonchev–Trinajstić information content (AvgIpc) is 3.10. The fourth-order valence-electron chi connectivity index (χ4n) is 10.0. The maximum Gasteiger partial charge on any atom is 0.119 e. The Bertz CT molecular complexity index is 1390. The van der Waals surface area contributed by atoms with Gasteiger partial charge in [0.25, 0.3) is 0 Å². The Morgan fingerprint density at radius 3 is 1.29 bits per heavy atom. The van der Waals surface area contributed by atoms with E-state index < -0.39 is 0 Å². The van der Waals surface area contributed by atoms with Crippen molar-refractivity contribution in [1.82, 2.24) is 0 Å². The van der Waals surface area contributed by atoms with Crippen LogP contribution in [0.1, 0.15) is 179 Å². The van der Waals surface area contributed by atoms with Crippen molar-refractivity contribution in [3.8, 4) is 17.2 Å². The zero-order valence-electron chi connectivity index (χ0n) is 27.3. The minimum Gasteiger partial charge on any atom is -0.508 e. The van der Waals surface area contributed by atoms with E-state index in [9.17, 15) is 15.3 Å². The Labute approximate surface area is 271 Å². The highest BCUT2D eigenvalue weighted by molar-refractivity contribution is 5.51. The van der Waals surface area contributed by atoms with E-state index in [-0.39, 0.29) is 5.41 Å². The maximum absolute atomic E-state index is 11.1. The van der Waals surface area contributed by atoms with Gasteiger partial charge < -0.3 is 15.3 Å². The van der Waals surface area contributed by atoms with E-state index in [0.29, 0.717) is 40.9 Å². The highest BCUT2D eigenvalue weighted by Crippen LogP contribution is 2.53. The third-order valence-electron chi connectivity index (χ3n) is 12.6. The number of hydrogen-bond acceptors (Lipinski definition) is 3. The first-order valence-corrected chi connectivity index (χ1v) is 18.5. The smallest absolute Gasteiger partial charge is 0.119 e. The quantitative estimate of drug-likeness (QED) is 0.262. The molecule has 0 amide bonds. The monoisotopic (exact) mass is 606 g/mol. The fourth-order valence-corrected chi connectivity index (χ4v) is 10.0. The standard InChI is InChI=1S/C42H54O3/c43-39-21-18-32(25-36(39)29-11-4-1-5-12-29)33-17-10-24-42(28-33,34-19-22-40(44)37(26-34)30-13-6-2-7-14-30)35-20-23-41(45)38(27-35)31-15-8-3-9-16-31/h18-23,25-27,29-31,33,43-45H,1-17,24,28H2. The van der Waals surface area contributed by atoms with Gasteiger partial charge in [-0.25, -0.2) is 0 Å². The maximum atomic E-state index is 11.1. The summed E-state index contributed by atoms with van der Waals surface area (Å²) in [5.74, 6) is 3.11. The Hall–Kier alpha value is -2.94. The van der Waals surface area contributed by atoms with Gasteiger partial charge in [-0.05, 0) is 133 Å². The van der Waals surface area contributed by atoms with E-state index in [0.717, 1.165) is 68.1 Å². The third kappa shape index (κ3) is 6.26. The summed E-state index contributed by atoms with van der Waals surface area (Å²) in [5.41, 5.74) is 7.29. The van der Waals surface area contributed by atoms with Crippen LogP contribution in [0, 0.1) is 0 Å². The van der Waals surface area contributed by atoms with Gasteiger partial charge >= 0.3 is 0 Å². The van der Waals surface area contributed by atoms with Crippen molar-refractivity contribution in [2.45, 2.75) is 151 Å². The van der Waals surface area contributed by atoms with Gasteiger partial charge in [-0.15, -0.1) is 0 Å². The highest BCUT2D eigenvalue weighted by Gasteiger charge is 2.41. The molecule has 240 valence electrons. The van der Waals surface area contributed by atoms with Gasteiger partial charge in [0.2, 0.25) is 0 Å². The van der Waals surface area contributed by atoms with Crippen molar-refractivity contribution in [3.63, 3.8) is 0 Å². The predicted octanol–water partition coefficient (Wildman–Crippen LogP) is 11.6. The van der Waals surface area contributed by atoms with Crippen LogP contribution in [-0.2, 0) is 5.41 Å². The Morgan fingerprint density at radius 2 is 0.822 bits per heavy atom. The summed E-state index contributed by atoms with van der Waals surface area (Å²) in [6, 6.07) is 19.7. The van der Waals surface area contributed by atoms with Crippen LogP contribution < -0.4 is 0 Å². The number of phenolic OH excluding ortho intramolecular Hbond substituents is 3. The predicted molar refractivity (Wildman–Crippen MR) is 184 cm³/mol. The van der Waals surface area contributed by atoms with E-state index >= 15 is 0 Å². The number of benzene rings is 3. The molecule has 4 fully saturated rings. The molecule has 0 aromatic heterocycles. The largest absolute Gasteiger partial charge is 0.508 e. The number of rotatable bonds is 6. The van der Waals surface area contributed by atoms with Crippen molar-refractivity contribution in [2.24, 2.45) is 0 Å². The lowest BCUT2D eigenvalue weighted by Gasteiger charge is -2.43. The molecule has 3 nitrogen and oxygen atoms in total. The van der Waals surface area contributed by atoms with Gasteiger partial charge in [-0.3, -0.25) is 0 Å². The molecule has 0 spiro atoms. The minimum atomic E-state index is -0.194. The first-order chi connectivity index (χ1) is 22.0. The fraction of sp³-hybridized carbons (Fsp3) is 0.571. The van der Waals surface area contributed by atoms with Gasteiger partial charge in [0.05, 0.1) is 0 Å². The molecule has 3 aromatic rings. The van der Waals surface area contributed by atoms with Gasteiger partial charge in [0, 0.05) is 5.41 Å². The molecule has 0 heterocycles. The summed E-state index contributed by atoms with van der Waals surface area (Å²) in [6.07, 6.45) is 22.8. The van der Waals surface area contributed by atoms with Crippen molar-refractivity contribution >= 4 is 0 Å². The van der Waals surface area contributed by atoms with Crippen LogP contribution in [0.3, 0.4) is 0 Å². The van der Waals surface area contributed by atoms with Crippen LogP contribution in [-0.4, -0.2) is 15.3 Å². The first-order valence-electron chi connectivity index (χ1n) is 18.5. The number of hydrogen-bond donors (Lipinski definition) is 3. The summed E-state index contributed by atoms with van der Waals surface area (Å²) in [4.78, 5) is 0. The molecule has 4 aliphatic carbocycles. The van der Waals surface area contributed by atoms with Crippen LogP contribution in [0.4, 0.5) is 0 Å². The lowest BCUT2D eigenvalue weighted by atomic mass is 9.60. The van der Waals surface area contributed by atoms with Crippen molar-refractivity contribution in [2.75, 3.05) is 0 Å². The third-order valence-corrected chi connectivity index (χ3v) is 12.6. The van der Waals surface area contributed by atoms with Gasteiger partial charge in [0.1, 0.15) is 17.2 Å². The summed E-state index contributed by atoms with van der Waals surface area (Å²) in [6.45, 7) is 0. The molecule has 0 saturated heterocycles. The molecular weight excluding hydrogens is 552 g/mol. The molecule has 4 saturated carbocycles. The average molecular weight is 607 g/mol. The van der Waals surface area contributed by atoms with E-state index in [1.54, 1.807) is 0 Å². The second-order valence-corrected chi connectivity index (χ2v) is 15.2. The summed E-state index contributed by atoms with van der Waals surface area (Å²) in [7, 11) is 0. The normalized spacial score (nSPS) is 23.6. The van der Waals surface area contributed by atoms with Crippen molar-refractivity contribution < 1.29 is 15.3 Å². The second-order valence-electron chi connectivity index (χ2n) is 15.2. The lowest BCUT2D eigenvalue weighted by Crippen LogP contribution is -2.34. The molecule has 0 radical (unpaired) electrons. The summed E-state index contributed by atoms with van der Waals surface area (Å²) >= 11 is 0. The molecule has 7 rings (SSSR count). The number of phenols is 3. The molecule has 4 aliphatic rings. The van der Waals surface area contributed by atoms with Crippen LogP contribution in [0.25, 0.3) is 0 Å². The molecule has 0 aliphatic heterocycles. The SMILES string of the molecule is Oc1ccc(C2CCCC(c3ccc(O)c(C4CCCCC4)c3)(c3ccc(O)c(C4CCCCC4)c3)C2)cc1C1CCCCC1. The zero-order valence-corrected chi connectivity index (χ0v) is 27.3. The Balaban J connectivity index is 1.31. The molecule has 1 unspecified atom stereocenters. The highest BCUT2D eigenvalue weighted by atomic mass is 16.3. The second kappa shape index (κ2) is 13.4. The van der Waals surface area contributed by atoms with Gasteiger partial charge in [-0.2, -0.15) is 0 Å². The van der Waals surface area contributed by atoms with E-state index in [1.807, 2.05) is 18.2 Å². The zero-order chi connectivity index (χ0) is 30.8. The molecule has 45 heavy (non-hydrogen) atoms. The number of aromatic hydroxyl groups is 3. The Kier molecular flexibility index (Phi) is 9.16. The van der Waals surface area contributed by atoms with E-state index in [1.165, 1.54) is 87.3 Å². The Morgan fingerprint density at radius 1 is 0.422 bits per heavy atom. The van der Waals surface area contributed by atoms with Crippen LogP contribution in [0.15, 0.2) is 54.6 Å². The minimum absolute atomic E-state index is 0.194. The van der Waals surface area contributed by atoms with Crippen molar-refractivity contribution in [3.05, 3.63) is 88.0 Å². The molecule has 3 N–H and O–H groups in total. The summed E-state index contributed by atoms with van der Waals surface area (Å²) in [5, 5.41) is 33.2. The van der Waals surface area contributed by atoms with E-state index in [4.69, 9.17) is 0 Å². The molecule has 3 heteroatoms. The van der Waals surface area contributed by atoms with E-state index in [2.05, 4.69) is 36.4 Å². The summed E-state index contributed by atoms with van der Waals surface area (Å²) < 4.78 is 0. The van der Waals surface area contributed by atoms with Crippen LogP contribution in [0.5, 0.6) is 17.2 Å². The molecule has 1 atom stereocenters. The van der Waals surface area contributed by atoms with Crippen LogP contribution in [0.2, 0.25) is 0 Å². The molecular formula is C42H54O3. The van der Waals surface area contributed by atoms with Crippen LogP contribution >= 0.6 is 0 Å². The lowest BCUT2D eigenvalue weighted by molar-refractivity contribution is 0.308. The first kappa shape index (κ1) is 30.7. The topological polar surface area (TPSA) is 60.7 Å².